The second kappa shape index (κ2) is 3.43. The molecule has 3 N–H and O–H groups in total. The summed E-state index contributed by atoms with van der Waals surface area (Å²) >= 11 is 1.36. The number of hydrogen-bond acceptors (Lipinski definition) is 3. The fourth-order valence-corrected chi connectivity index (χ4v) is 1.27. The lowest BCUT2D eigenvalue weighted by molar-refractivity contribution is -0.115. The van der Waals surface area contributed by atoms with Gasteiger partial charge in [0.05, 0.1) is 17.0 Å². The van der Waals surface area contributed by atoms with Crippen molar-refractivity contribution >= 4 is 17.7 Å². The van der Waals surface area contributed by atoms with Crippen molar-refractivity contribution in [3.05, 3.63) is 12.0 Å². The number of nitrogens with two attached hydrogens (primary N) is 1. The van der Waals surface area contributed by atoms with Gasteiger partial charge >= 0.3 is 0 Å². The summed E-state index contributed by atoms with van der Waals surface area (Å²) < 4.78 is 0. The van der Waals surface area contributed by atoms with E-state index in [9.17, 15) is 4.79 Å². The number of aromatic amines is 1. The lowest BCUT2D eigenvalue weighted by Crippen LogP contribution is -2.12. The minimum atomic E-state index is -0.317. The van der Waals surface area contributed by atoms with Crippen molar-refractivity contribution in [1.29, 1.82) is 0 Å². The normalized spacial score (nSPS) is 9.91. The quantitative estimate of drug-likeness (QED) is 0.642. The van der Waals surface area contributed by atoms with Gasteiger partial charge in [-0.25, -0.2) is 4.98 Å². The highest BCUT2D eigenvalue weighted by Crippen LogP contribution is 2.13. The summed E-state index contributed by atoms with van der Waals surface area (Å²) in [5, 5.41) is 0.876. The van der Waals surface area contributed by atoms with E-state index in [4.69, 9.17) is 5.73 Å². The maximum atomic E-state index is 10.3. The molecule has 0 aliphatic heterocycles. The first-order valence-electron chi connectivity index (χ1n) is 3.11. The van der Waals surface area contributed by atoms with Gasteiger partial charge in [0.15, 0.2) is 0 Å². The smallest absolute Gasteiger partial charge is 0.227 e. The van der Waals surface area contributed by atoms with Crippen molar-refractivity contribution in [3.63, 3.8) is 0 Å². The lowest BCUT2D eigenvalue weighted by Gasteiger charge is -1.91. The summed E-state index contributed by atoms with van der Waals surface area (Å²) in [6.45, 7) is 1.86. The Bertz CT molecular complexity index is 258. The molecule has 1 rings (SSSR count). The number of carbonyl (C=O) groups is 1. The van der Waals surface area contributed by atoms with Gasteiger partial charge in [-0.3, -0.25) is 4.79 Å². The zero-order valence-corrected chi connectivity index (χ0v) is 6.94. The number of hydrogen-bond donors (Lipinski definition) is 2. The molecule has 0 radical (unpaired) electrons. The van der Waals surface area contributed by atoms with Gasteiger partial charge in [0.2, 0.25) is 5.91 Å². The van der Waals surface area contributed by atoms with Crippen LogP contribution in [0.15, 0.2) is 11.2 Å². The molecule has 1 amide bonds. The maximum Gasteiger partial charge on any atom is 0.227 e. The van der Waals surface area contributed by atoms with Crippen molar-refractivity contribution in [3.8, 4) is 0 Å². The molecule has 0 bridgehead atoms. The number of nitrogens with zero attached hydrogens (tertiary/aromatic N) is 1. The van der Waals surface area contributed by atoms with Crippen LogP contribution >= 0.6 is 11.8 Å². The molecular weight excluding hydrogens is 162 g/mol. The second-order valence-corrected chi connectivity index (χ2v) is 3.11. The van der Waals surface area contributed by atoms with Crippen LogP contribution in [0.5, 0.6) is 0 Å². The van der Waals surface area contributed by atoms with Gasteiger partial charge in [0.25, 0.3) is 0 Å². The Morgan fingerprint density at radius 2 is 2.64 bits per heavy atom. The van der Waals surface area contributed by atoms with Crippen LogP contribution in [0.3, 0.4) is 0 Å². The monoisotopic (exact) mass is 171 g/mol. The molecule has 0 fully saturated rings. The third-order valence-corrected chi connectivity index (χ3v) is 2.00. The highest BCUT2D eigenvalue weighted by atomic mass is 32.2. The van der Waals surface area contributed by atoms with Gasteiger partial charge in [0, 0.05) is 0 Å². The fourth-order valence-electron chi connectivity index (χ4n) is 0.621. The summed E-state index contributed by atoms with van der Waals surface area (Å²) in [7, 11) is 0. The summed E-state index contributed by atoms with van der Waals surface area (Å²) in [4.78, 5) is 17.3. The van der Waals surface area contributed by atoms with Gasteiger partial charge < -0.3 is 10.7 Å². The zero-order valence-electron chi connectivity index (χ0n) is 6.13. The highest BCUT2D eigenvalue weighted by molar-refractivity contribution is 7.99. The van der Waals surface area contributed by atoms with E-state index < -0.39 is 0 Å². The van der Waals surface area contributed by atoms with E-state index in [0.29, 0.717) is 5.75 Å². The number of imidazole rings is 1. The van der Waals surface area contributed by atoms with Crippen molar-refractivity contribution in [2.45, 2.75) is 11.9 Å². The summed E-state index contributed by atoms with van der Waals surface area (Å²) in [5.74, 6) is 0.820. The third kappa shape index (κ3) is 2.63. The zero-order chi connectivity index (χ0) is 8.27. The van der Waals surface area contributed by atoms with Crippen molar-refractivity contribution < 1.29 is 4.79 Å². The molecular formula is C6H9N3OS. The van der Waals surface area contributed by atoms with Crippen LogP contribution in [0.1, 0.15) is 5.82 Å². The van der Waals surface area contributed by atoms with E-state index in [-0.39, 0.29) is 5.91 Å². The largest absolute Gasteiger partial charge is 0.369 e. The molecule has 1 heterocycles. The number of nitrogens with one attached hydrogen (secondary N) is 1. The Kier molecular flexibility index (Phi) is 2.53. The molecule has 0 spiro atoms. The van der Waals surface area contributed by atoms with Crippen LogP contribution in [0.2, 0.25) is 0 Å². The number of rotatable bonds is 3. The van der Waals surface area contributed by atoms with Crippen molar-refractivity contribution in [2.75, 3.05) is 5.75 Å². The number of aryl methyl sites for hydroxylation is 1. The predicted molar refractivity (Wildman–Crippen MR) is 43.2 cm³/mol. The topological polar surface area (TPSA) is 71.8 Å². The predicted octanol–water partition coefficient (Wildman–Crippen LogP) is 0.296. The van der Waals surface area contributed by atoms with Gasteiger partial charge in [-0.15, -0.1) is 0 Å². The Morgan fingerprint density at radius 1 is 1.91 bits per heavy atom. The molecule has 1 aromatic rings. The number of H-pyrrole nitrogens is 1. The molecule has 0 aliphatic carbocycles. The Labute approximate surface area is 68.6 Å². The van der Waals surface area contributed by atoms with E-state index in [0.717, 1.165) is 10.9 Å². The molecule has 0 atom stereocenters. The Hall–Kier alpha value is -0.970. The summed E-state index contributed by atoms with van der Waals surface area (Å²) in [5.41, 5.74) is 4.95. The first-order chi connectivity index (χ1) is 5.18. The van der Waals surface area contributed by atoms with Crippen LogP contribution in [0.4, 0.5) is 0 Å². The lowest BCUT2D eigenvalue weighted by atomic mass is 10.8. The molecule has 0 aromatic carbocycles. The molecule has 0 saturated heterocycles. The van der Waals surface area contributed by atoms with E-state index in [1.807, 2.05) is 6.92 Å². The molecule has 11 heavy (non-hydrogen) atoms. The number of aromatic nitrogens is 2. The van der Waals surface area contributed by atoms with Crippen LogP contribution in [0, 0.1) is 6.92 Å². The highest BCUT2D eigenvalue weighted by Gasteiger charge is 1.99. The average Bonchev–Trinajstić information content (AvgIpc) is 2.31. The van der Waals surface area contributed by atoms with Crippen LogP contribution in [0.25, 0.3) is 0 Å². The van der Waals surface area contributed by atoms with E-state index in [1.165, 1.54) is 11.8 Å². The molecule has 0 aliphatic rings. The molecule has 0 saturated carbocycles. The minimum absolute atomic E-state index is 0.293. The van der Waals surface area contributed by atoms with Gasteiger partial charge in [-0.1, -0.05) is 11.8 Å². The van der Waals surface area contributed by atoms with Gasteiger partial charge in [0.1, 0.15) is 5.82 Å². The molecule has 0 unspecified atom stereocenters. The Morgan fingerprint density at radius 3 is 3.09 bits per heavy atom. The third-order valence-electron chi connectivity index (χ3n) is 1.05. The minimum Gasteiger partial charge on any atom is -0.369 e. The molecule has 5 heteroatoms. The number of carbonyl (C=O) groups excluding carboxylic acids is 1. The van der Waals surface area contributed by atoms with Crippen molar-refractivity contribution in [2.24, 2.45) is 5.73 Å². The number of primary amides is 1. The summed E-state index contributed by atoms with van der Waals surface area (Å²) in [6.07, 6.45) is 1.68. The van der Waals surface area contributed by atoms with Crippen LogP contribution in [-0.2, 0) is 4.79 Å². The molecule has 60 valence electrons. The van der Waals surface area contributed by atoms with E-state index >= 15 is 0 Å². The molecule has 4 nitrogen and oxygen atoms in total. The van der Waals surface area contributed by atoms with Crippen LogP contribution in [-0.4, -0.2) is 21.6 Å². The second-order valence-electron chi connectivity index (χ2n) is 2.09. The van der Waals surface area contributed by atoms with E-state index in [1.54, 1.807) is 6.20 Å². The first-order valence-corrected chi connectivity index (χ1v) is 4.10. The number of thioether (sulfide) groups is 1. The summed E-state index contributed by atoms with van der Waals surface area (Å²) in [6, 6.07) is 0. The van der Waals surface area contributed by atoms with Gasteiger partial charge in [-0.2, -0.15) is 0 Å². The van der Waals surface area contributed by atoms with Crippen molar-refractivity contribution in [1.82, 2.24) is 9.97 Å². The first kappa shape index (κ1) is 8.13. The number of amides is 1. The van der Waals surface area contributed by atoms with Gasteiger partial charge in [-0.05, 0) is 6.92 Å². The standard InChI is InChI=1S/C6H9N3OS/c1-4-8-2-6(9-4)11-3-5(7)10/h2H,3H2,1H3,(H2,7,10)(H,8,9). The fraction of sp³-hybridized carbons (Fsp3) is 0.333. The SMILES string of the molecule is Cc1ncc(SCC(N)=O)[nH]1. The Balaban J connectivity index is 2.45. The van der Waals surface area contributed by atoms with E-state index in [2.05, 4.69) is 9.97 Å². The van der Waals surface area contributed by atoms with Crippen LogP contribution < -0.4 is 5.73 Å². The average molecular weight is 171 g/mol. The maximum absolute atomic E-state index is 10.3. The molecule has 1 aromatic heterocycles.